The molecule has 0 aliphatic carbocycles. The zero-order chi connectivity index (χ0) is 18.6. The standard InChI is InChI=1S/C18H24BrN3O3/c1-4-15(22-9-5-6-17(22)24)18(25)21(3)11-16(23)20-14-8-7-13(19)10-12(14)2/h7-8,10,15H,4-6,9,11H2,1-3H3,(H,20,23). The lowest BCUT2D eigenvalue weighted by atomic mass is 10.1. The van der Waals surface area contributed by atoms with E-state index in [0.717, 1.165) is 22.1 Å². The Labute approximate surface area is 156 Å². The van der Waals surface area contributed by atoms with Crippen LogP contribution in [-0.2, 0) is 14.4 Å². The van der Waals surface area contributed by atoms with Gasteiger partial charge in [0, 0.05) is 30.2 Å². The molecule has 0 bridgehead atoms. The number of hydrogen-bond acceptors (Lipinski definition) is 3. The largest absolute Gasteiger partial charge is 0.335 e. The van der Waals surface area contributed by atoms with Crippen LogP contribution >= 0.6 is 15.9 Å². The van der Waals surface area contributed by atoms with Crippen LogP contribution in [0.3, 0.4) is 0 Å². The molecule has 3 amide bonds. The van der Waals surface area contributed by atoms with Gasteiger partial charge in [0.05, 0.1) is 6.54 Å². The first kappa shape index (κ1) is 19.4. The fraction of sp³-hybridized carbons (Fsp3) is 0.500. The van der Waals surface area contributed by atoms with Crippen LogP contribution in [0.1, 0.15) is 31.7 Å². The highest BCUT2D eigenvalue weighted by atomic mass is 79.9. The van der Waals surface area contributed by atoms with Crippen LogP contribution < -0.4 is 5.32 Å². The topological polar surface area (TPSA) is 69.7 Å². The molecule has 1 unspecified atom stereocenters. The summed E-state index contributed by atoms with van der Waals surface area (Å²) in [7, 11) is 1.60. The Balaban J connectivity index is 1.97. The van der Waals surface area contributed by atoms with Crippen LogP contribution in [-0.4, -0.2) is 53.7 Å². The number of likely N-dealkylation sites (tertiary alicyclic amines) is 1. The van der Waals surface area contributed by atoms with Crippen molar-refractivity contribution >= 4 is 39.3 Å². The summed E-state index contributed by atoms with van der Waals surface area (Å²) in [6.07, 6.45) is 1.83. The molecule has 0 aromatic heterocycles. The highest BCUT2D eigenvalue weighted by Gasteiger charge is 2.33. The number of hydrogen-bond donors (Lipinski definition) is 1. The van der Waals surface area contributed by atoms with Crippen LogP contribution in [0.4, 0.5) is 5.69 Å². The summed E-state index contributed by atoms with van der Waals surface area (Å²) in [6, 6.07) is 5.10. The number of halogens is 1. The number of amides is 3. The number of carbonyl (C=O) groups excluding carboxylic acids is 3. The Bertz CT molecular complexity index is 678. The van der Waals surface area contributed by atoms with Crippen LogP contribution in [0.25, 0.3) is 0 Å². The van der Waals surface area contributed by atoms with Crippen molar-refractivity contribution in [1.82, 2.24) is 9.80 Å². The van der Waals surface area contributed by atoms with E-state index in [4.69, 9.17) is 0 Å². The quantitative estimate of drug-likeness (QED) is 0.784. The summed E-state index contributed by atoms with van der Waals surface area (Å²) in [6.45, 7) is 4.35. The predicted molar refractivity (Wildman–Crippen MR) is 100 cm³/mol. The summed E-state index contributed by atoms with van der Waals surface area (Å²) in [5, 5.41) is 2.82. The maximum Gasteiger partial charge on any atom is 0.245 e. The molecule has 1 saturated heterocycles. The lowest BCUT2D eigenvalue weighted by molar-refractivity contribution is -0.143. The van der Waals surface area contributed by atoms with Gasteiger partial charge in [0.15, 0.2) is 0 Å². The van der Waals surface area contributed by atoms with Gasteiger partial charge in [-0.05, 0) is 43.5 Å². The average Bonchev–Trinajstić information content (AvgIpc) is 2.97. The summed E-state index contributed by atoms with van der Waals surface area (Å²) in [4.78, 5) is 39.8. The van der Waals surface area contributed by atoms with E-state index in [0.29, 0.717) is 19.4 Å². The van der Waals surface area contributed by atoms with E-state index < -0.39 is 6.04 Å². The molecule has 2 rings (SSSR count). The van der Waals surface area contributed by atoms with Gasteiger partial charge < -0.3 is 15.1 Å². The second-order valence-corrected chi connectivity index (χ2v) is 7.23. The van der Waals surface area contributed by atoms with E-state index in [9.17, 15) is 14.4 Å². The summed E-state index contributed by atoms with van der Waals surface area (Å²) >= 11 is 3.38. The molecule has 136 valence electrons. The van der Waals surface area contributed by atoms with Crippen molar-refractivity contribution in [2.45, 2.75) is 39.2 Å². The van der Waals surface area contributed by atoms with Crippen molar-refractivity contribution in [3.8, 4) is 0 Å². The van der Waals surface area contributed by atoms with Crippen molar-refractivity contribution in [2.75, 3.05) is 25.5 Å². The number of benzene rings is 1. The van der Waals surface area contributed by atoms with Gasteiger partial charge in [-0.3, -0.25) is 14.4 Å². The third kappa shape index (κ3) is 4.81. The number of rotatable bonds is 6. The molecule has 1 N–H and O–H groups in total. The molecular formula is C18H24BrN3O3. The number of anilines is 1. The first-order valence-corrected chi connectivity index (χ1v) is 9.23. The number of nitrogens with zero attached hydrogens (tertiary/aromatic N) is 2. The Morgan fingerprint density at radius 3 is 2.68 bits per heavy atom. The van der Waals surface area contributed by atoms with Crippen molar-refractivity contribution in [2.24, 2.45) is 0 Å². The molecule has 1 fully saturated rings. The smallest absolute Gasteiger partial charge is 0.245 e. The third-order valence-corrected chi connectivity index (χ3v) is 4.87. The summed E-state index contributed by atoms with van der Waals surface area (Å²) in [5.41, 5.74) is 1.65. The molecule has 0 saturated carbocycles. The number of aryl methyl sites for hydroxylation is 1. The van der Waals surface area contributed by atoms with Crippen LogP contribution in [0.15, 0.2) is 22.7 Å². The predicted octanol–water partition coefficient (Wildman–Crippen LogP) is 2.56. The number of nitrogens with one attached hydrogen (secondary N) is 1. The van der Waals surface area contributed by atoms with Gasteiger partial charge in [0.2, 0.25) is 17.7 Å². The van der Waals surface area contributed by atoms with Gasteiger partial charge in [-0.25, -0.2) is 0 Å². The SMILES string of the molecule is CCC(C(=O)N(C)CC(=O)Nc1ccc(Br)cc1C)N1CCCC1=O. The molecule has 1 aliphatic heterocycles. The highest BCUT2D eigenvalue weighted by molar-refractivity contribution is 9.10. The fourth-order valence-corrected chi connectivity index (χ4v) is 3.51. The molecular weight excluding hydrogens is 386 g/mol. The van der Waals surface area contributed by atoms with Crippen molar-refractivity contribution in [1.29, 1.82) is 0 Å². The third-order valence-electron chi connectivity index (χ3n) is 4.38. The average molecular weight is 410 g/mol. The number of carbonyl (C=O) groups is 3. The second kappa shape index (κ2) is 8.47. The van der Waals surface area contributed by atoms with Crippen LogP contribution in [0, 0.1) is 6.92 Å². The molecule has 1 aromatic rings. The van der Waals surface area contributed by atoms with E-state index in [-0.39, 0.29) is 24.3 Å². The molecule has 1 heterocycles. The van der Waals surface area contributed by atoms with Crippen molar-refractivity contribution in [3.63, 3.8) is 0 Å². The monoisotopic (exact) mass is 409 g/mol. The summed E-state index contributed by atoms with van der Waals surface area (Å²) < 4.78 is 0.941. The second-order valence-electron chi connectivity index (χ2n) is 6.32. The molecule has 1 aromatic carbocycles. The first-order valence-electron chi connectivity index (χ1n) is 8.44. The van der Waals surface area contributed by atoms with E-state index in [2.05, 4.69) is 21.2 Å². The van der Waals surface area contributed by atoms with Gasteiger partial charge in [-0.15, -0.1) is 0 Å². The van der Waals surface area contributed by atoms with E-state index in [1.54, 1.807) is 11.9 Å². The zero-order valence-corrected chi connectivity index (χ0v) is 16.4. The fourth-order valence-electron chi connectivity index (χ4n) is 3.03. The maximum atomic E-state index is 12.7. The van der Waals surface area contributed by atoms with Crippen molar-refractivity contribution in [3.05, 3.63) is 28.2 Å². The molecule has 0 spiro atoms. The maximum absolute atomic E-state index is 12.7. The van der Waals surface area contributed by atoms with Crippen LogP contribution in [0.5, 0.6) is 0 Å². The Hall–Kier alpha value is -1.89. The Morgan fingerprint density at radius 2 is 2.12 bits per heavy atom. The normalized spacial score (nSPS) is 15.2. The van der Waals surface area contributed by atoms with Gasteiger partial charge >= 0.3 is 0 Å². The molecule has 0 radical (unpaired) electrons. The zero-order valence-electron chi connectivity index (χ0n) is 14.8. The lowest BCUT2D eigenvalue weighted by Gasteiger charge is -2.29. The van der Waals surface area contributed by atoms with E-state index >= 15 is 0 Å². The minimum absolute atomic E-state index is 0.0172. The van der Waals surface area contributed by atoms with E-state index in [1.165, 1.54) is 4.90 Å². The van der Waals surface area contributed by atoms with Crippen molar-refractivity contribution < 1.29 is 14.4 Å². The Morgan fingerprint density at radius 1 is 1.40 bits per heavy atom. The van der Waals surface area contributed by atoms with Gasteiger partial charge in [-0.1, -0.05) is 22.9 Å². The van der Waals surface area contributed by atoms with Gasteiger partial charge in [-0.2, -0.15) is 0 Å². The molecule has 7 heteroatoms. The van der Waals surface area contributed by atoms with Gasteiger partial charge in [0.1, 0.15) is 6.04 Å². The molecule has 1 aliphatic rings. The summed E-state index contributed by atoms with van der Waals surface area (Å²) in [5.74, 6) is -0.437. The lowest BCUT2D eigenvalue weighted by Crippen LogP contribution is -2.49. The van der Waals surface area contributed by atoms with Crippen LogP contribution in [0.2, 0.25) is 0 Å². The highest BCUT2D eigenvalue weighted by Crippen LogP contribution is 2.20. The van der Waals surface area contributed by atoms with E-state index in [1.807, 2.05) is 32.0 Å². The minimum Gasteiger partial charge on any atom is -0.335 e. The first-order chi connectivity index (χ1) is 11.8. The Kier molecular flexibility index (Phi) is 6.58. The minimum atomic E-state index is -0.484. The number of likely N-dealkylation sites (N-methyl/N-ethyl adjacent to an activating group) is 1. The molecule has 1 atom stereocenters. The van der Waals surface area contributed by atoms with Gasteiger partial charge in [0.25, 0.3) is 0 Å². The molecule has 25 heavy (non-hydrogen) atoms. The molecule has 6 nitrogen and oxygen atoms in total.